The van der Waals surface area contributed by atoms with Crippen molar-refractivity contribution in [2.24, 2.45) is 5.84 Å². The summed E-state index contributed by atoms with van der Waals surface area (Å²) in [6.45, 7) is 1.94. The van der Waals surface area contributed by atoms with E-state index in [0.29, 0.717) is 32.2 Å². The first-order valence-electron chi connectivity index (χ1n) is 5.61. The third-order valence-electron chi connectivity index (χ3n) is 2.15. The molecule has 0 aliphatic carbocycles. The van der Waals surface area contributed by atoms with Crippen LogP contribution >= 0.6 is 0 Å². The molecule has 106 valence electrons. The molecule has 0 aliphatic rings. The Morgan fingerprint density at radius 1 is 1.37 bits per heavy atom. The van der Waals surface area contributed by atoms with Crippen molar-refractivity contribution < 1.29 is 14.4 Å². The maximum atomic E-state index is 10.7. The number of nitrogens with zero attached hydrogens (tertiary/aromatic N) is 2. The summed E-state index contributed by atoms with van der Waals surface area (Å²) in [4.78, 5) is 14.2. The van der Waals surface area contributed by atoms with Crippen LogP contribution in [0.3, 0.4) is 0 Å². The lowest BCUT2D eigenvalue weighted by molar-refractivity contribution is -0.384. The predicted octanol–water partition coefficient (Wildman–Crippen LogP) is 0.350. The molecule has 0 unspecified atom stereocenters. The summed E-state index contributed by atoms with van der Waals surface area (Å²) in [6, 6.07) is 2.58. The lowest BCUT2D eigenvalue weighted by Crippen LogP contribution is -2.14. The number of nitro groups is 1. The van der Waals surface area contributed by atoms with Crippen LogP contribution in [0, 0.1) is 10.1 Å². The molecule has 4 N–H and O–H groups in total. The van der Waals surface area contributed by atoms with E-state index in [9.17, 15) is 10.1 Å². The van der Waals surface area contributed by atoms with Crippen molar-refractivity contribution in [3.8, 4) is 0 Å². The standard InChI is InChI=1S/C10H17N5O4/c1-18-4-5-19-3-2-12-9-6-8(15(16)17)7-10(13-9)14-11/h6-7H,2-5,11H2,1H3,(H2,12,13,14). The SMILES string of the molecule is COCCOCCNc1cc([N+](=O)[O-])cc(NN)n1. The summed E-state index contributed by atoms with van der Waals surface area (Å²) >= 11 is 0. The summed E-state index contributed by atoms with van der Waals surface area (Å²) in [5, 5.41) is 13.6. The number of rotatable bonds is 9. The van der Waals surface area contributed by atoms with Gasteiger partial charge in [0.15, 0.2) is 0 Å². The Hall–Kier alpha value is -1.97. The average Bonchev–Trinajstić information content (AvgIpc) is 2.42. The topological polar surface area (TPSA) is 125 Å². The van der Waals surface area contributed by atoms with E-state index in [1.807, 2.05) is 0 Å². The molecule has 0 radical (unpaired) electrons. The molecule has 1 rings (SSSR count). The van der Waals surface area contributed by atoms with E-state index in [1.165, 1.54) is 12.1 Å². The zero-order chi connectivity index (χ0) is 14.1. The van der Waals surface area contributed by atoms with Crippen molar-refractivity contribution in [2.75, 3.05) is 44.2 Å². The molecule has 0 aliphatic heterocycles. The van der Waals surface area contributed by atoms with E-state index in [0.717, 1.165) is 0 Å². The van der Waals surface area contributed by atoms with Crippen LogP contribution in [0.15, 0.2) is 12.1 Å². The minimum atomic E-state index is -0.511. The molecule has 9 nitrogen and oxygen atoms in total. The van der Waals surface area contributed by atoms with Crippen molar-refractivity contribution in [3.63, 3.8) is 0 Å². The van der Waals surface area contributed by atoms with Gasteiger partial charge in [-0.05, 0) is 0 Å². The highest BCUT2D eigenvalue weighted by Gasteiger charge is 2.10. The Morgan fingerprint density at radius 2 is 2.11 bits per heavy atom. The monoisotopic (exact) mass is 271 g/mol. The third kappa shape index (κ3) is 5.46. The average molecular weight is 271 g/mol. The highest BCUT2D eigenvalue weighted by Crippen LogP contribution is 2.19. The normalized spacial score (nSPS) is 10.2. The first-order chi connectivity index (χ1) is 9.17. The third-order valence-corrected chi connectivity index (χ3v) is 2.15. The highest BCUT2D eigenvalue weighted by atomic mass is 16.6. The van der Waals surface area contributed by atoms with Crippen LogP contribution in [0.1, 0.15) is 0 Å². The van der Waals surface area contributed by atoms with Crippen LogP contribution in [0.4, 0.5) is 17.3 Å². The summed E-state index contributed by atoms with van der Waals surface area (Å²) in [5.41, 5.74) is 2.19. The zero-order valence-electron chi connectivity index (χ0n) is 10.6. The van der Waals surface area contributed by atoms with Gasteiger partial charge in [0.2, 0.25) is 0 Å². The molecule has 0 aromatic carbocycles. The fraction of sp³-hybridized carbons (Fsp3) is 0.500. The number of hydrogen-bond donors (Lipinski definition) is 3. The van der Waals surface area contributed by atoms with Gasteiger partial charge in [-0.15, -0.1) is 0 Å². The maximum Gasteiger partial charge on any atom is 0.276 e. The molecule has 0 spiro atoms. The Morgan fingerprint density at radius 3 is 2.74 bits per heavy atom. The van der Waals surface area contributed by atoms with Crippen molar-refractivity contribution in [1.82, 2.24) is 4.98 Å². The largest absolute Gasteiger partial charge is 0.382 e. The van der Waals surface area contributed by atoms with E-state index in [4.69, 9.17) is 15.3 Å². The van der Waals surface area contributed by atoms with Crippen molar-refractivity contribution in [1.29, 1.82) is 0 Å². The zero-order valence-corrected chi connectivity index (χ0v) is 10.6. The minimum absolute atomic E-state index is 0.0919. The van der Waals surface area contributed by atoms with E-state index in [-0.39, 0.29) is 11.5 Å². The number of hydrazine groups is 1. The van der Waals surface area contributed by atoms with E-state index < -0.39 is 4.92 Å². The van der Waals surface area contributed by atoms with Gasteiger partial charge in [0.1, 0.15) is 11.6 Å². The fourth-order valence-corrected chi connectivity index (χ4v) is 1.28. The Labute approximate surface area is 110 Å². The summed E-state index contributed by atoms with van der Waals surface area (Å²) in [7, 11) is 1.59. The molecular formula is C10H17N5O4. The number of aromatic nitrogens is 1. The van der Waals surface area contributed by atoms with Crippen LogP contribution in [0.5, 0.6) is 0 Å². The van der Waals surface area contributed by atoms with E-state index >= 15 is 0 Å². The molecule has 1 aromatic heterocycles. The molecule has 1 heterocycles. The quantitative estimate of drug-likeness (QED) is 0.254. The number of nitrogens with one attached hydrogen (secondary N) is 2. The molecule has 0 bridgehead atoms. The van der Waals surface area contributed by atoms with Crippen molar-refractivity contribution >= 4 is 17.3 Å². The van der Waals surface area contributed by atoms with Gasteiger partial charge >= 0.3 is 0 Å². The number of nitrogens with two attached hydrogens (primary N) is 1. The molecule has 0 saturated carbocycles. The fourth-order valence-electron chi connectivity index (χ4n) is 1.28. The number of ether oxygens (including phenoxy) is 2. The van der Waals surface area contributed by atoms with Gasteiger partial charge in [-0.3, -0.25) is 10.1 Å². The van der Waals surface area contributed by atoms with Gasteiger partial charge in [-0.2, -0.15) is 0 Å². The van der Waals surface area contributed by atoms with Crippen LogP contribution in [-0.2, 0) is 9.47 Å². The van der Waals surface area contributed by atoms with Gasteiger partial charge in [0, 0.05) is 13.7 Å². The van der Waals surface area contributed by atoms with Crippen molar-refractivity contribution in [2.45, 2.75) is 0 Å². The smallest absolute Gasteiger partial charge is 0.276 e. The van der Waals surface area contributed by atoms with E-state index in [2.05, 4.69) is 15.7 Å². The second-order valence-electron chi connectivity index (χ2n) is 3.53. The van der Waals surface area contributed by atoms with Gasteiger partial charge in [0.25, 0.3) is 5.69 Å². The number of hydrogen-bond acceptors (Lipinski definition) is 8. The van der Waals surface area contributed by atoms with Gasteiger partial charge in [-0.1, -0.05) is 0 Å². The summed E-state index contributed by atoms with van der Waals surface area (Å²) in [6.07, 6.45) is 0. The van der Waals surface area contributed by atoms with Gasteiger partial charge < -0.3 is 20.2 Å². The van der Waals surface area contributed by atoms with Gasteiger partial charge in [-0.25, -0.2) is 10.8 Å². The highest BCUT2D eigenvalue weighted by molar-refractivity contribution is 5.54. The molecule has 9 heteroatoms. The van der Waals surface area contributed by atoms with Crippen molar-refractivity contribution in [3.05, 3.63) is 22.2 Å². The lowest BCUT2D eigenvalue weighted by atomic mass is 10.3. The summed E-state index contributed by atoms with van der Waals surface area (Å²) < 4.78 is 10.1. The molecular weight excluding hydrogens is 254 g/mol. The molecule has 0 fully saturated rings. The van der Waals surface area contributed by atoms with Crippen LogP contribution in [-0.4, -0.2) is 43.4 Å². The molecule has 1 aromatic rings. The number of pyridine rings is 1. The van der Waals surface area contributed by atoms with E-state index in [1.54, 1.807) is 7.11 Å². The molecule has 0 amide bonds. The summed E-state index contributed by atoms with van der Waals surface area (Å²) in [5.74, 6) is 5.77. The maximum absolute atomic E-state index is 10.7. The molecule has 0 saturated heterocycles. The minimum Gasteiger partial charge on any atom is -0.382 e. The second kappa shape index (κ2) is 8.19. The lowest BCUT2D eigenvalue weighted by Gasteiger charge is -2.08. The second-order valence-corrected chi connectivity index (χ2v) is 3.53. The van der Waals surface area contributed by atoms with Crippen LogP contribution in [0.25, 0.3) is 0 Å². The Balaban J connectivity index is 2.48. The molecule has 19 heavy (non-hydrogen) atoms. The Kier molecular flexibility index (Phi) is 6.50. The van der Waals surface area contributed by atoms with Gasteiger partial charge in [0.05, 0.1) is 36.9 Å². The first kappa shape index (κ1) is 15.1. The van der Waals surface area contributed by atoms with Crippen LogP contribution < -0.4 is 16.6 Å². The first-order valence-corrected chi connectivity index (χ1v) is 5.61. The predicted molar refractivity (Wildman–Crippen MR) is 69.9 cm³/mol. The Bertz CT molecular complexity index is 415. The number of anilines is 2. The number of nitrogen functional groups attached to an aromatic ring is 1. The number of methoxy groups -OCH3 is 1. The molecule has 0 atom stereocenters. The van der Waals surface area contributed by atoms with Crippen LogP contribution in [0.2, 0.25) is 0 Å².